The zero-order valence-electron chi connectivity index (χ0n) is 15.3. The minimum Gasteiger partial charge on any atom is -0.466 e. The molecule has 0 aliphatic rings. The van der Waals surface area contributed by atoms with E-state index in [9.17, 15) is 4.79 Å². The summed E-state index contributed by atoms with van der Waals surface area (Å²) < 4.78 is 4.92. The third-order valence-electron chi connectivity index (χ3n) is 4.30. The molecule has 0 atom stereocenters. The standard InChI is InChI=1S/C20H40O2.Mg.2H/c1-3-4-5-6-7-8-9-10-11-12-13-14-15-16-17-18-19-22-20(2)21;;;/h3-19H2,1-2H3;;;. The van der Waals surface area contributed by atoms with Crippen molar-refractivity contribution in [2.24, 2.45) is 0 Å². The second-order valence-electron chi connectivity index (χ2n) is 6.64. The van der Waals surface area contributed by atoms with Gasteiger partial charge in [-0.25, -0.2) is 0 Å². The van der Waals surface area contributed by atoms with Gasteiger partial charge in [0.15, 0.2) is 0 Å². The van der Waals surface area contributed by atoms with E-state index in [4.69, 9.17) is 4.74 Å². The monoisotopic (exact) mass is 338 g/mol. The quantitative estimate of drug-likeness (QED) is 0.188. The molecular weight excluding hydrogens is 297 g/mol. The molecule has 3 heteroatoms. The third-order valence-corrected chi connectivity index (χ3v) is 4.30. The van der Waals surface area contributed by atoms with E-state index in [1.807, 2.05) is 0 Å². The van der Waals surface area contributed by atoms with Gasteiger partial charge in [0.1, 0.15) is 0 Å². The first kappa shape index (κ1) is 25.5. The zero-order chi connectivity index (χ0) is 16.3. The smallest absolute Gasteiger partial charge is 0.316 e. The Balaban J connectivity index is 0. The van der Waals surface area contributed by atoms with Crippen LogP contribution in [0.15, 0.2) is 0 Å². The van der Waals surface area contributed by atoms with Crippen LogP contribution in [0.2, 0.25) is 0 Å². The Bertz CT molecular complexity index is 232. The van der Waals surface area contributed by atoms with E-state index >= 15 is 0 Å². The summed E-state index contributed by atoms with van der Waals surface area (Å²) in [5.41, 5.74) is 0. The van der Waals surface area contributed by atoms with Gasteiger partial charge in [-0.3, -0.25) is 4.79 Å². The Labute approximate surface area is 161 Å². The molecule has 2 nitrogen and oxygen atoms in total. The van der Waals surface area contributed by atoms with Crippen LogP contribution in [0.25, 0.3) is 0 Å². The van der Waals surface area contributed by atoms with Crippen molar-refractivity contribution in [1.29, 1.82) is 0 Å². The van der Waals surface area contributed by atoms with E-state index in [2.05, 4.69) is 6.92 Å². The molecule has 0 saturated heterocycles. The molecule has 0 aromatic heterocycles. The molecule has 0 bridgehead atoms. The lowest BCUT2D eigenvalue weighted by Crippen LogP contribution is -2.00. The molecule has 0 aromatic carbocycles. The molecule has 0 amide bonds. The topological polar surface area (TPSA) is 26.3 Å². The average molecular weight is 339 g/mol. The second-order valence-corrected chi connectivity index (χ2v) is 6.64. The third kappa shape index (κ3) is 24.6. The fraction of sp³-hybridized carbons (Fsp3) is 0.950. The van der Waals surface area contributed by atoms with Crippen molar-refractivity contribution in [3.05, 3.63) is 0 Å². The van der Waals surface area contributed by atoms with Crippen LogP contribution in [-0.4, -0.2) is 35.6 Å². The highest BCUT2D eigenvalue weighted by Crippen LogP contribution is 2.13. The maximum absolute atomic E-state index is 10.6. The predicted molar refractivity (Wildman–Crippen MR) is 105 cm³/mol. The van der Waals surface area contributed by atoms with Crippen LogP contribution in [0.5, 0.6) is 0 Å². The summed E-state index contributed by atoms with van der Waals surface area (Å²) >= 11 is 0. The Morgan fingerprint density at radius 2 is 0.913 bits per heavy atom. The second kappa shape index (κ2) is 22.2. The molecule has 0 heterocycles. The van der Waals surface area contributed by atoms with Gasteiger partial charge in [0.25, 0.3) is 0 Å². The normalized spacial score (nSPS) is 10.3. The van der Waals surface area contributed by atoms with E-state index < -0.39 is 0 Å². The number of carbonyl (C=O) groups is 1. The van der Waals surface area contributed by atoms with Crippen molar-refractivity contribution < 1.29 is 9.53 Å². The predicted octanol–water partition coefficient (Wildman–Crippen LogP) is 5.89. The van der Waals surface area contributed by atoms with E-state index in [1.165, 1.54) is 103 Å². The molecule has 0 fully saturated rings. The van der Waals surface area contributed by atoms with Crippen LogP contribution in [-0.2, 0) is 9.53 Å². The van der Waals surface area contributed by atoms with Gasteiger partial charge in [-0.15, -0.1) is 0 Å². The van der Waals surface area contributed by atoms with Gasteiger partial charge >= 0.3 is 29.0 Å². The first-order chi connectivity index (χ1) is 10.8. The average Bonchev–Trinajstić information content (AvgIpc) is 2.50. The summed E-state index contributed by atoms with van der Waals surface area (Å²) in [6.07, 6.45) is 22.0. The molecule has 0 spiro atoms. The van der Waals surface area contributed by atoms with Crippen LogP contribution in [0.4, 0.5) is 0 Å². The minimum absolute atomic E-state index is 0. The molecule has 0 aromatic rings. The van der Waals surface area contributed by atoms with Crippen LogP contribution >= 0.6 is 0 Å². The van der Waals surface area contributed by atoms with Gasteiger partial charge in [-0.2, -0.15) is 0 Å². The van der Waals surface area contributed by atoms with Crippen molar-refractivity contribution in [2.45, 2.75) is 117 Å². The number of rotatable bonds is 17. The first-order valence-corrected chi connectivity index (χ1v) is 9.90. The molecule has 0 aliphatic carbocycles. The van der Waals surface area contributed by atoms with Crippen molar-refractivity contribution in [3.63, 3.8) is 0 Å². The molecule has 23 heavy (non-hydrogen) atoms. The molecule has 136 valence electrons. The van der Waals surface area contributed by atoms with Crippen molar-refractivity contribution in [2.75, 3.05) is 6.61 Å². The Hall–Kier alpha value is 0.236. The maximum atomic E-state index is 10.6. The molecule has 0 rings (SSSR count). The van der Waals surface area contributed by atoms with Gasteiger partial charge in [0, 0.05) is 6.92 Å². The number of unbranched alkanes of at least 4 members (excludes halogenated alkanes) is 15. The Morgan fingerprint density at radius 3 is 1.22 bits per heavy atom. The highest BCUT2D eigenvalue weighted by Gasteiger charge is 1.95. The molecular formula is C20H42MgO2. The molecule has 0 unspecified atom stereocenters. The lowest BCUT2D eigenvalue weighted by atomic mass is 10.0. The van der Waals surface area contributed by atoms with Crippen molar-refractivity contribution >= 4 is 29.0 Å². The van der Waals surface area contributed by atoms with Crippen LogP contribution in [0.3, 0.4) is 0 Å². The Kier molecular flexibility index (Phi) is 24.6. The number of hydrogen-bond donors (Lipinski definition) is 0. The van der Waals surface area contributed by atoms with Gasteiger partial charge in [0.2, 0.25) is 0 Å². The van der Waals surface area contributed by atoms with Gasteiger partial charge in [0.05, 0.1) is 6.61 Å². The summed E-state index contributed by atoms with van der Waals surface area (Å²) in [7, 11) is 0. The van der Waals surface area contributed by atoms with Crippen LogP contribution in [0, 0.1) is 0 Å². The number of hydrogen-bond acceptors (Lipinski definition) is 2. The summed E-state index contributed by atoms with van der Waals surface area (Å²) in [4.78, 5) is 10.6. The Morgan fingerprint density at radius 1 is 0.609 bits per heavy atom. The zero-order valence-corrected chi connectivity index (χ0v) is 15.3. The molecule has 0 radical (unpaired) electrons. The molecule has 0 aliphatic heterocycles. The van der Waals surface area contributed by atoms with E-state index in [0.717, 1.165) is 6.42 Å². The van der Waals surface area contributed by atoms with E-state index in [-0.39, 0.29) is 29.0 Å². The van der Waals surface area contributed by atoms with Gasteiger partial charge < -0.3 is 4.74 Å². The summed E-state index contributed by atoms with van der Waals surface area (Å²) in [6.45, 7) is 4.36. The highest BCUT2D eigenvalue weighted by atomic mass is 24.3. The maximum Gasteiger partial charge on any atom is 0.316 e. The summed E-state index contributed by atoms with van der Waals surface area (Å²) in [6, 6.07) is 0. The summed E-state index contributed by atoms with van der Waals surface area (Å²) in [5.74, 6) is -0.152. The number of carbonyl (C=O) groups excluding carboxylic acids is 1. The van der Waals surface area contributed by atoms with Gasteiger partial charge in [-0.05, 0) is 6.42 Å². The molecule has 0 N–H and O–H groups in total. The lowest BCUT2D eigenvalue weighted by Gasteiger charge is -2.04. The SMILES string of the molecule is CCCCCCCCCCCCCCCCCCOC(C)=O.[MgH2]. The number of esters is 1. The summed E-state index contributed by atoms with van der Waals surface area (Å²) in [5, 5.41) is 0. The highest BCUT2D eigenvalue weighted by molar-refractivity contribution is 5.75. The van der Waals surface area contributed by atoms with Crippen molar-refractivity contribution in [1.82, 2.24) is 0 Å². The lowest BCUT2D eigenvalue weighted by molar-refractivity contribution is -0.141. The largest absolute Gasteiger partial charge is 0.466 e. The number of ether oxygens (including phenoxy) is 1. The van der Waals surface area contributed by atoms with E-state index in [0.29, 0.717) is 6.61 Å². The van der Waals surface area contributed by atoms with E-state index in [1.54, 1.807) is 0 Å². The first-order valence-electron chi connectivity index (χ1n) is 9.90. The minimum atomic E-state index is -0.152. The fourth-order valence-corrected chi connectivity index (χ4v) is 2.87. The molecule has 0 saturated carbocycles. The fourth-order valence-electron chi connectivity index (χ4n) is 2.87. The van der Waals surface area contributed by atoms with Gasteiger partial charge in [-0.1, -0.05) is 103 Å². The van der Waals surface area contributed by atoms with Crippen LogP contribution in [0.1, 0.15) is 117 Å². The van der Waals surface area contributed by atoms with Crippen molar-refractivity contribution in [3.8, 4) is 0 Å². The van der Waals surface area contributed by atoms with Crippen LogP contribution < -0.4 is 0 Å².